The molecule has 0 spiro atoms. The number of halogens is 1. The maximum Gasteiger partial charge on any atom is 0.0462 e. The third kappa shape index (κ3) is 6.64. The van der Waals surface area contributed by atoms with E-state index >= 15 is 0 Å². The Morgan fingerprint density at radius 3 is 2.45 bits per heavy atom. The van der Waals surface area contributed by atoms with E-state index in [1.54, 1.807) is 7.11 Å². The summed E-state index contributed by atoms with van der Waals surface area (Å²) in [7, 11) is 1.74. The second kappa shape index (κ2) is 5.84. The van der Waals surface area contributed by atoms with Crippen molar-refractivity contribution in [1.82, 2.24) is 0 Å². The highest BCUT2D eigenvalue weighted by Crippen LogP contribution is 2.25. The zero-order chi connectivity index (χ0) is 8.74. The average molecular weight is 179 g/mol. The monoisotopic (exact) mass is 178 g/mol. The SMILES string of the molecule is CCC(C)(Cl)CCCCOC. The van der Waals surface area contributed by atoms with E-state index in [2.05, 4.69) is 13.8 Å². The molecule has 0 aliphatic heterocycles. The average Bonchev–Trinajstić information content (AvgIpc) is 1.99. The predicted molar refractivity (Wildman–Crippen MR) is 50.3 cm³/mol. The number of hydrogen-bond donors (Lipinski definition) is 0. The molecule has 0 saturated heterocycles. The number of hydrogen-bond acceptors (Lipinski definition) is 1. The van der Waals surface area contributed by atoms with Crippen LogP contribution in [-0.4, -0.2) is 18.6 Å². The van der Waals surface area contributed by atoms with Crippen LogP contribution in [0.2, 0.25) is 0 Å². The van der Waals surface area contributed by atoms with Crippen LogP contribution in [0.25, 0.3) is 0 Å². The predicted octanol–water partition coefficient (Wildman–Crippen LogP) is 3.21. The summed E-state index contributed by atoms with van der Waals surface area (Å²) in [6, 6.07) is 0. The van der Waals surface area contributed by atoms with E-state index < -0.39 is 0 Å². The molecule has 0 rings (SSSR count). The van der Waals surface area contributed by atoms with Gasteiger partial charge in [-0.15, -0.1) is 11.6 Å². The molecule has 1 nitrogen and oxygen atoms in total. The first-order valence-electron chi connectivity index (χ1n) is 4.30. The van der Waals surface area contributed by atoms with Gasteiger partial charge in [-0.05, 0) is 32.6 Å². The normalized spacial score (nSPS) is 16.4. The minimum atomic E-state index is 0.00768. The van der Waals surface area contributed by atoms with Gasteiger partial charge in [-0.3, -0.25) is 0 Å². The molecule has 0 fully saturated rings. The smallest absolute Gasteiger partial charge is 0.0462 e. The van der Waals surface area contributed by atoms with Gasteiger partial charge in [-0.2, -0.15) is 0 Å². The molecule has 0 radical (unpaired) electrons. The third-order valence-electron chi connectivity index (χ3n) is 2.03. The van der Waals surface area contributed by atoms with Crippen molar-refractivity contribution in [1.29, 1.82) is 0 Å². The van der Waals surface area contributed by atoms with Gasteiger partial charge in [-0.25, -0.2) is 0 Å². The Morgan fingerprint density at radius 1 is 1.36 bits per heavy atom. The van der Waals surface area contributed by atoms with E-state index in [1.807, 2.05) is 0 Å². The summed E-state index contributed by atoms with van der Waals surface area (Å²) in [5.41, 5.74) is 0. The zero-order valence-electron chi connectivity index (χ0n) is 7.82. The molecule has 0 N–H and O–H groups in total. The fourth-order valence-electron chi connectivity index (χ4n) is 0.917. The third-order valence-corrected chi connectivity index (χ3v) is 2.49. The molecule has 0 aliphatic rings. The first-order chi connectivity index (χ1) is 5.12. The van der Waals surface area contributed by atoms with E-state index in [0.29, 0.717) is 0 Å². The van der Waals surface area contributed by atoms with E-state index in [4.69, 9.17) is 16.3 Å². The molecule has 0 amide bonds. The fourth-order valence-corrected chi connectivity index (χ4v) is 1.05. The summed E-state index contributed by atoms with van der Waals surface area (Å²) in [5.74, 6) is 0. The van der Waals surface area contributed by atoms with Crippen LogP contribution < -0.4 is 0 Å². The highest BCUT2D eigenvalue weighted by atomic mass is 35.5. The van der Waals surface area contributed by atoms with Gasteiger partial charge in [0.1, 0.15) is 0 Å². The second-order valence-corrected chi connectivity index (χ2v) is 4.13. The summed E-state index contributed by atoms with van der Waals surface area (Å²) >= 11 is 6.16. The van der Waals surface area contributed by atoms with Crippen LogP contribution in [0.5, 0.6) is 0 Å². The zero-order valence-corrected chi connectivity index (χ0v) is 8.58. The molecule has 0 heterocycles. The Bertz CT molecular complexity index is 91.6. The lowest BCUT2D eigenvalue weighted by Gasteiger charge is -2.18. The lowest BCUT2D eigenvalue weighted by molar-refractivity contribution is 0.191. The number of alkyl halides is 1. The second-order valence-electron chi connectivity index (χ2n) is 3.22. The van der Waals surface area contributed by atoms with Gasteiger partial charge in [0.2, 0.25) is 0 Å². The topological polar surface area (TPSA) is 9.23 Å². The number of ether oxygens (including phenoxy) is 1. The Morgan fingerprint density at radius 2 is 2.00 bits per heavy atom. The van der Waals surface area contributed by atoms with Crippen molar-refractivity contribution in [2.24, 2.45) is 0 Å². The van der Waals surface area contributed by atoms with Gasteiger partial charge in [-0.1, -0.05) is 6.92 Å². The van der Waals surface area contributed by atoms with E-state index in [9.17, 15) is 0 Å². The van der Waals surface area contributed by atoms with Crippen molar-refractivity contribution in [2.75, 3.05) is 13.7 Å². The van der Waals surface area contributed by atoms with Crippen LogP contribution in [0.3, 0.4) is 0 Å². The van der Waals surface area contributed by atoms with Crippen molar-refractivity contribution in [3.63, 3.8) is 0 Å². The molecule has 0 aromatic heterocycles. The van der Waals surface area contributed by atoms with Crippen LogP contribution in [-0.2, 0) is 4.74 Å². The number of rotatable bonds is 6. The van der Waals surface area contributed by atoms with Gasteiger partial charge in [0.05, 0.1) is 0 Å². The molecule has 11 heavy (non-hydrogen) atoms. The maximum atomic E-state index is 6.16. The van der Waals surface area contributed by atoms with E-state index in [1.165, 1.54) is 6.42 Å². The fraction of sp³-hybridized carbons (Fsp3) is 1.00. The van der Waals surface area contributed by atoms with E-state index in [-0.39, 0.29) is 4.87 Å². The summed E-state index contributed by atoms with van der Waals surface area (Å²) in [6.45, 7) is 5.08. The molecule has 1 unspecified atom stereocenters. The van der Waals surface area contributed by atoms with Crippen LogP contribution in [0.15, 0.2) is 0 Å². The van der Waals surface area contributed by atoms with Gasteiger partial charge in [0.25, 0.3) is 0 Å². The van der Waals surface area contributed by atoms with Crippen LogP contribution in [0.4, 0.5) is 0 Å². The lowest BCUT2D eigenvalue weighted by atomic mass is 10.0. The van der Waals surface area contributed by atoms with Crippen molar-refractivity contribution in [3.8, 4) is 0 Å². The van der Waals surface area contributed by atoms with Gasteiger partial charge < -0.3 is 4.74 Å². The molecular formula is C9H19ClO. The van der Waals surface area contributed by atoms with Crippen molar-refractivity contribution >= 4 is 11.6 Å². The molecule has 0 aromatic carbocycles. The summed E-state index contributed by atoms with van der Waals surface area (Å²) in [6.07, 6.45) is 4.43. The number of unbranched alkanes of at least 4 members (excludes halogenated alkanes) is 1. The van der Waals surface area contributed by atoms with Gasteiger partial charge >= 0.3 is 0 Å². The van der Waals surface area contributed by atoms with Crippen LogP contribution >= 0.6 is 11.6 Å². The molecule has 0 saturated carbocycles. The quantitative estimate of drug-likeness (QED) is 0.449. The molecule has 2 heteroatoms. The van der Waals surface area contributed by atoms with Crippen LogP contribution in [0, 0.1) is 0 Å². The first kappa shape index (κ1) is 11.2. The highest BCUT2D eigenvalue weighted by Gasteiger charge is 2.16. The minimum absolute atomic E-state index is 0.00768. The molecule has 68 valence electrons. The van der Waals surface area contributed by atoms with Gasteiger partial charge in [0, 0.05) is 18.6 Å². The molecule has 0 aliphatic carbocycles. The van der Waals surface area contributed by atoms with Gasteiger partial charge in [0.15, 0.2) is 0 Å². The summed E-state index contributed by atoms with van der Waals surface area (Å²) < 4.78 is 4.95. The minimum Gasteiger partial charge on any atom is -0.385 e. The Hall–Kier alpha value is 0.250. The first-order valence-corrected chi connectivity index (χ1v) is 4.68. The van der Waals surface area contributed by atoms with Crippen molar-refractivity contribution in [3.05, 3.63) is 0 Å². The standard InChI is InChI=1S/C9H19ClO/c1-4-9(2,10)7-5-6-8-11-3/h4-8H2,1-3H3. The van der Waals surface area contributed by atoms with Crippen LogP contribution in [0.1, 0.15) is 39.5 Å². The molecular weight excluding hydrogens is 160 g/mol. The summed E-state index contributed by atoms with van der Waals surface area (Å²) in [5, 5.41) is 0. The van der Waals surface area contributed by atoms with E-state index in [0.717, 1.165) is 25.9 Å². The number of methoxy groups -OCH3 is 1. The van der Waals surface area contributed by atoms with Crippen molar-refractivity contribution < 1.29 is 4.74 Å². The lowest BCUT2D eigenvalue weighted by Crippen LogP contribution is -2.14. The molecule has 1 atom stereocenters. The Balaban J connectivity index is 3.23. The highest BCUT2D eigenvalue weighted by molar-refractivity contribution is 6.23. The molecule has 0 aromatic rings. The Kier molecular flexibility index (Phi) is 5.98. The van der Waals surface area contributed by atoms with Crippen molar-refractivity contribution in [2.45, 2.75) is 44.4 Å². The summed E-state index contributed by atoms with van der Waals surface area (Å²) in [4.78, 5) is 0.00768. The maximum absolute atomic E-state index is 6.16. The molecule has 0 bridgehead atoms. The largest absolute Gasteiger partial charge is 0.385 e. The Labute approximate surface area is 75.1 Å².